The van der Waals surface area contributed by atoms with Gasteiger partial charge >= 0.3 is 6.18 Å². The van der Waals surface area contributed by atoms with Gasteiger partial charge < -0.3 is 9.47 Å². The molecule has 0 saturated carbocycles. The third kappa shape index (κ3) is 3.95. The van der Waals surface area contributed by atoms with Crippen molar-refractivity contribution < 1.29 is 22.6 Å². The van der Waals surface area contributed by atoms with E-state index < -0.39 is 18.0 Å². The molecule has 0 unspecified atom stereocenters. The Morgan fingerprint density at radius 3 is 2.22 bits per heavy atom. The van der Waals surface area contributed by atoms with Crippen molar-refractivity contribution in [2.24, 2.45) is 0 Å². The summed E-state index contributed by atoms with van der Waals surface area (Å²) in [6, 6.07) is 5.63. The molecule has 0 fully saturated rings. The predicted octanol–water partition coefficient (Wildman–Crippen LogP) is 5.37. The molecule has 8 heteroatoms. The predicted molar refractivity (Wildman–Crippen MR) is 81.5 cm³/mol. The van der Waals surface area contributed by atoms with Crippen LogP contribution in [0.4, 0.5) is 13.2 Å². The molecule has 0 N–H and O–H groups in total. The Hall–Kier alpha value is -1.34. The first-order valence-corrected chi connectivity index (χ1v) is 7.11. The molecule has 2 aromatic rings. The molecule has 124 valence electrons. The standard InChI is InChI=1S/C15H12Cl2F3NO2/c1-22-14(23-2)10-5-8(3-4-11(10)16)13-12(17)6-9(7-21-13)15(18,19)20/h3-7,14H,1-2H3. The van der Waals surface area contributed by atoms with Crippen LogP contribution < -0.4 is 0 Å². The zero-order chi connectivity index (χ0) is 17.2. The van der Waals surface area contributed by atoms with Crippen molar-refractivity contribution in [3.05, 3.63) is 51.6 Å². The van der Waals surface area contributed by atoms with E-state index in [9.17, 15) is 13.2 Å². The van der Waals surface area contributed by atoms with Crippen LogP contribution in [-0.2, 0) is 15.7 Å². The molecule has 0 atom stereocenters. The van der Waals surface area contributed by atoms with E-state index in [1.807, 2.05) is 0 Å². The molecule has 1 aromatic heterocycles. The van der Waals surface area contributed by atoms with Gasteiger partial charge in [-0.25, -0.2) is 0 Å². The summed E-state index contributed by atoms with van der Waals surface area (Å²) in [4.78, 5) is 3.82. The van der Waals surface area contributed by atoms with Gasteiger partial charge in [-0.3, -0.25) is 4.98 Å². The van der Waals surface area contributed by atoms with Crippen LogP contribution in [0, 0.1) is 0 Å². The van der Waals surface area contributed by atoms with E-state index >= 15 is 0 Å². The van der Waals surface area contributed by atoms with Gasteiger partial charge in [-0.05, 0) is 18.2 Å². The van der Waals surface area contributed by atoms with E-state index in [-0.39, 0.29) is 10.7 Å². The smallest absolute Gasteiger partial charge is 0.352 e. The summed E-state index contributed by atoms with van der Waals surface area (Å²) in [5.74, 6) is 0. The lowest BCUT2D eigenvalue weighted by molar-refractivity contribution is -0.137. The third-order valence-electron chi connectivity index (χ3n) is 3.12. The van der Waals surface area contributed by atoms with Gasteiger partial charge in [0.05, 0.1) is 16.3 Å². The van der Waals surface area contributed by atoms with Crippen LogP contribution in [0.5, 0.6) is 0 Å². The Morgan fingerprint density at radius 1 is 1.04 bits per heavy atom. The van der Waals surface area contributed by atoms with Crippen molar-refractivity contribution in [3.8, 4) is 11.3 Å². The first kappa shape index (κ1) is 18.0. The molecule has 1 heterocycles. The molecule has 3 nitrogen and oxygen atoms in total. The van der Waals surface area contributed by atoms with Crippen LogP contribution in [0.1, 0.15) is 17.4 Å². The molecular formula is C15H12Cl2F3NO2. The number of pyridine rings is 1. The largest absolute Gasteiger partial charge is 0.417 e. The van der Waals surface area contributed by atoms with Gasteiger partial charge in [-0.15, -0.1) is 0 Å². The Morgan fingerprint density at radius 2 is 1.70 bits per heavy atom. The van der Waals surface area contributed by atoms with Crippen molar-refractivity contribution in [1.29, 1.82) is 0 Å². The molecule has 0 radical (unpaired) electrons. The van der Waals surface area contributed by atoms with Gasteiger partial charge in [-0.1, -0.05) is 29.3 Å². The highest BCUT2D eigenvalue weighted by atomic mass is 35.5. The summed E-state index contributed by atoms with van der Waals surface area (Å²) >= 11 is 12.1. The minimum atomic E-state index is -4.50. The van der Waals surface area contributed by atoms with Gasteiger partial charge in [0, 0.05) is 36.6 Å². The maximum atomic E-state index is 12.7. The number of ether oxygens (including phenoxy) is 2. The van der Waals surface area contributed by atoms with Crippen LogP contribution in [0.15, 0.2) is 30.5 Å². The SMILES string of the molecule is COC(OC)c1cc(-c2ncc(C(F)(F)F)cc2Cl)ccc1Cl. The van der Waals surface area contributed by atoms with Crippen LogP contribution in [0.3, 0.4) is 0 Å². The van der Waals surface area contributed by atoms with Gasteiger partial charge in [0.25, 0.3) is 0 Å². The average Bonchev–Trinajstić information content (AvgIpc) is 2.49. The Kier molecular flexibility index (Phi) is 5.52. The number of nitrogens with zero attached hydrogens (tertiary/aromatic N) is 1. The van der Waals surface area contributed by atoms with E-state index in [0.717, 1.165) is 12.3 Å². The Balaban J connectivity index is 2.49. The molecule has 0 saturated heterocycles. The maximum absolute atomic E-state index is 12.7. The monoisotopic (exact) mass is 365 g/mol. The molecule has 2 rings (SSSR count). The molecule has 0 aliphatic carbocycles. The number of aromatic nitrogens is 1. The van der Waals surface area contributed by atoms with Crippen LogP contribution in [0.2, 0.25) is 10.0 Å². The molecule has 0 aliphatic heterocycles. The van der Waals surface area contributed by atoms with Gasteiger partial charge in [0.1, 0.15) is 0 Å². The minimum absolute atomic E-state index is 0.112. The van der Waals surface area contributed by atoms with Gasteiger partial charge in [0.2, 0.25) is 0 Å². The van der Waals surface area contributed by atoms with E-state index in [0.29, 0.717) is 16.1 Å². The second-order valence-electron chi connectivity index (χ2n) is 4.59. The van der Waals surface area contributed by atoms with Crippen molar-refractivity contribution in [1.82, 2.24) is 4.98 Å². The van der Waals surface area contributed by atoms with E-state index in [2.05, 4.69) is 4.98 Å². The van der Waals surface area contributed by atoms with Crippen LogP contribution in [0.25, 0.3) is 11.3 Å². The molecule has 0 bridgehead atoms. The second kappa shape index (κ2) is 7.05. The number of hydrogen-bond donors (Lipinski definition) is 0. The van der Waals surface area contributed by atoms with E-state index in [1.54, 1.807) is 18.2 Å². The van der Waals surface area contributed by atoms with Gasteiger partial charge in [-0.2, -0.15) is 13.2 Å². The Bertz CT molecular complexity index is 704. The average molecular weight is 366 g/mol. The Labute approximate surface area is 140 Å². The third-order valence-corrected chi connectivity index (χ3v) is 3.75. The lowest BCUT2D eigenvalue weighted by Gasteiger charge is -2.16. The lowest BCUT2D eigenvalue weighted by atomic mass is 10.1. The normalized spacial score (nSPS) is 12.0. The number of methoxy groups -OCH3 is 2. The number of benzene rings is 1. The summed E-state index contributed by atoms with van der Waals surface area (Å²) < 4.78 is 48.3. The fraction of sp³-hybridized carbons (Fsp3) is 0.267. The molecule has 0 amide bonds. The second-order valence-corrected chi connectivity index (χ2v) is 5.41. The van der Waals surface area contributed by atoms with E-state index in [1.165, 1.54) is 14.2 Å². The van der Waals surface area contributed by atoms with Crippen molar-refractivity contribution in [3.63, 3.8) is 0 Å². The molecular weight excluding hydrogens is 354 g/mol. The summed E-state index contributed by atoms with van der Waals surface area (Å²) in [7, 11) is 2.89. The van der Waals surface area contributed by atoms with Crippen molar-refractivity contribution in [2.75, 3.05) is 14.2 Å². The highest BCUT2D eigenvalue weighted by Crippen LogP contribution is 2.36. The molecule has 0 aliphatic rings. The van der Waals surface area contributed by atoms with Crippen molar-refractivity contribution in [2.45, 2.75) is 12.5 Å². The zero-order valence-electron chi connectivity index (χ0n) is 12.1. The zero-order valence-corrected chi connectivity index (χ0v) is 13.6. The molecule has 1 aromatic carbocycles. The fourth-order valence-electron chi connectivity index (χ4n) is 2.03. The fourth-order valence-corrected chi connectivity index (χ4v) is 2.51. The number of rotatable bonds is 4. The number of halogens is 5. The van der Waals surface area contributed by atoms with Gasteiger partial charge in [0.15, 0.2) is 6.29 Å². The number of hydrogen-bond acceptors (Lipinski definition) is 3. The highest BCUT2D eigenvalue weighted by molar-refractivity contribution is 6.33. The number of alkyl halides is 3. The first-order chi connectivity index (χ1) is 10.8. The van der Waals surface area contributed by atoms with Crippen LogP contribution >= 0.6 is 23.2 Å². The van der Waals surface area contributed by atoms with E-state index in [4.69, 9.17) is 32.7 Å². The summed E-state index contributed by atoms with van der Waals surface area (Å²) in [6.45, 7) is 0. The quantitative estimate of drug-likeness (QED) is 0.682. The maximum Gasteiger partial charge on any atom is 0.417 e. The first-order valence-electron chi connectivity index (χ1n) is 6.36. The lowest BCUT2D eigenvalue weighted by Crippen LogP contribution is -2.06. The molecule has 0 spiro atoms. The highest BCUT2D eigenvalue weighted by Gasteiger charge is 2.31. The molecule has 23 heavy (non-hydrogen) atoms. The summed E-state index contributed by atoms with van der Waals surface area (Å²) in [5, 5.41) is 0.282. The summed E-state index contributed by atoms with van der Waals surface area (Å²) in [6.07, 6.45) is -4.48. The topological polar surface area (TPSA) is 31.4 Å². The van der Waals surface area contributed by atoms with Crippen molar-refractivity contribution >= 4 is 23.2 Å². The summed E-state index contributed by atoms with van der Waals surface area (Å²) in [5.41, 5.74) is 0.324. The minimum Gasteiger partial charge on any atom is -0.352 e. The van der Waals surface area contributed by atoms with Crippen LogP contribution in [-0.4, -0.2) is 19.2 Å².